The van der Waals surface area contributed by atoms with E-state index in [1.165, 1.54) is 4.90 Å². The summed E-state index contributed by atoms with van der Waals surface area (Å²) in [7, 11) is 8.40. The van der Waals surface area contributed by atoms with Gasteiger partial charge >= 0.3 is 5.97 Å². The molecule has 4 rings (SSSR count). The fourth-order valence-electron chi connectivity index (χ4n) is 7.81. The Morgan fingerprint density at radius 2 is 1.59 bits per heavy atom. The number of benzene rings is 2. The molecular formula is C46H64N4O9. The highest BCUT2D eigenvalue weighted by atomic mass is 16.6. The summed E-state index contributed by atoms with van der Waals surface area (Å²) in [4.78, 5) is 74.1. The number of aliphatic hydroxyl groups excluding tert-OH is 1. The lowest BCUT2D eigenvalue weighted by atomic mass is 9.94. The van der Waals surface area contributed by atoms with Crippen molar-refractivity contribution in [1.82, 2.24) is 20.0 Å². The van der Waals surface area contributed by atoms with Crippen molar-refractivity contribution in [3.8, 4) is 11.5 Å². The molecule has 0 spiro atoms. The number of nitrogens with zero attached hydrogens (tertiary/aromatic N) is 3. The van der Waals surface area contributed by atoms with E-state index in [-0.39, 0.29) is 29.9 Å². The quantitative estimate of drug-likeness (QED) is 0.121. The molecule has 2 aliphatic carbocycles. The molecular weight excluding hydrogens is 753 g/mol. The lowest BCUT2D eigenvalue weighted by molar-refractivity contribution is -0.164. The Morgan fingerprint density at radius 1 is 0.966 bits per heavy atom. The summed E-state index contributed by atoms with van der Waals surface area (Å²) in [6, 6.07) is 11.9. The predicted octanol–water partition coefficient (Wildman–Crippen LogP) is 4.49. The van der Waals surface area contributed by atoms with E-state index in [0.29, 0.717) is 44.3 Å². The van der Waals surface area contributed by atoms with Crippen molar-refractivity contribution in [2.24, 2.45) is 17.8 Å². The number of aromatic hydroxyl groups is 1. The van der Waals surface area contributed by atoms with Crippen LogP contribution in [0.1, 0.15) is 70.9 Å². The minimum atomic E-state index is -1.32. The minimum absolute atomic E-state index is 0.115. The van der Waals surface area contributed by atoms with Crippen LogP contribution in [0.4, 0.5) is 0 Å². The molecule has 59 heavy (non-hydrogen) atoms. The standard InChI is InChI=1S/C46H64N4O9/c1-10-30(4)41(59-44(56)39(48(5)6)27-32-15-23-37(58-9)24-16-32)42(54)47-40(29(2)3)43(55)50(8)46(28-38(46)33-17-21-36(53)22-18-33)45(57)49(7)34(12-11-25-51)26-31-13-19-35(52)20-14-31/h13-21,23-25,29-30,34,36,38-41,52-53H,10-12,22,26-28H2,1-9H3,(H,47,54)/t30-,34-,36-,38?,39+,40+,41+,46?/m1/s1. The molecule has 1 fully saturated rings. The number of rotatable bonds is 21. The molecule has 0 aromatic heterocycles. The van der Waals surface area contributed by atoms with Crippen molar-refractivity contribution in [3.05, 3.63) is 83.5 Å². The minimum Gasteiger partial charge on any atom is -0.508 e. The van der Waals surface area contributed by atoms with Crippen LogP contribution in [0, 0.1) is 17.8 Å². The normalized spacial score (nSPS) is 21.1. The van der Waals surface area contributed by atoms with E-state index in [9.17, 15) is 34.2 Å². The number of allylic oxidation sites excluding steroid dienone is 1. The van der Waals surface area contributed by atoms with Gasteiger partial charge in [-0.3, -0.25) is 24.1 Å². The summed E-state index contributed by atoms with van der Waals surface area (Å²) in [5.74, 6) is -2.32. The van der Waals surface area contributed by atoms with E-state index in [1.807, 2.05) is 58.0 Å². The molecule has 0 bridgehead atoms. The van der Waals surface area contributed by atoms with Crippen molar-refractivity contribution in [1.29, 1.82) is 0 Å². The molecule has 13 nitrogen and oxygen atoms in total. The third kappa shape index (κ3) is 11.4. The van der Waals surface area contributed by atoms with Gasteiger partial charge in [-0.2, -0.15) is 0 Å². The van der Waals surface area contributed by atoms with E-state index in [2.05, 4.69) is 5.32 Å². The van der Waals surface area contributed by atoms with Gasteiger partial charge in [-0.25, -0.2) is 0 Å². The van der Waals surface area contributed by atoms with Crippen LogP contribution >= 0.6 is 0 Å². The van der Waals surface area contributed by atoms with Crippen LogP contribution in [0.5, 0.6) is 11.5 Å². The zero-order valence-electron chi connectivity index (χ0n) is 36.1. The molecule has 322 valence electrons. The Balaban J connectivity index is 1.61. The van der Waals surface area contributed by atoms with Crippen LogP contribution in [-0.2, 0) is 41.6 Å². The van der Waals surface area contributed by atoms with Gasteiger partial charge in [-0.05, 0) is 99.5 Å². The maximum Gasteiger partial charge on any atom is 0.324 e. The highest BCUT2D eigenvalue weighted by Crippen LogP contribution is 2.55. The summed E-state index contributed by atoms with van der Waals surface area (Å²) >= 11 is 0. The Hall–Kier alpha value is -5.01. The van der Waals surface area contributed by atoms with Gasteiger partial charge in [0, 0.05) is 38.4 Å². The van der Waals surface area contributed by atoms with Gasteiger partial charge in [-0.1, -0.05) is 70.2 Å². The summed E-state index contributed by atoms with van der Waals surface area (Å²) < 4.78 is 11.3. The van der Waals surface area contributed by atoms with Crippen LogP contribution in [-0.4, -0.2) is 126 Å². The fraction of sp³-hybridized carbons (Fsp3) is 0.543. The van der Waals surface area contributed by atoms with Crippen LogP contribution in [0.3, 0.4) is 0 Å². The van der Waals surface area contributed by atoms with Crippen molar-refractivity contribution in [3.63, 3.8) is 0 Å². The number of carbonyl (C=O) groups excluding carboxylic acids is 5. The molecule has 1 saturated carbocycles. The number of esters is 1. The Morgan fingerprint density at radius 3 is 2.14 bits per heavy atom. The molecule has 2 aromatic rings. The molecule has 3 amide bonds. The predicted molar refractivity (Wildman–Crippen MR) is 225 cm³/mol. The average molecular weight is 817 g/mol. The van der Waals surface area contributed by atoms with Crippen LogP contribution in [0.25, 0.3) is 0 Å². The van der Waals surface area contributed by atoms with Gasteiger partial charge in [0.1, 0.15) is 35.4 Å². The number of aldehydes is 1. The highest BCUT2D eigenvalue weighted by molar-refractivity contribution is 5.98. The summed E-state index contributed by atoms with van der Waals surface area (Å²) in [5.41, 5.74) is 1.27. The number of nitrogens with one attached hydrogen (secondary N) is 1. The molecule has 8 atom stereocenters. The second-order valence-electron chi connectivity index (χ2n) is 16.6. The van der Waals surface area contributed by atoms with Gasteiger partial charge in [0.2, 0.25) is 11.8 Å². The lowest BCUT2D eigenvalue weighted by Gasteiger charge is -2.38. The van der Waals surface area contributed by atoms with E-state index in [0.717, 1.165) is 23.0 Å². The van der Waals surface area contributed by atoms with Gasteiger partial charge in [0.15, 0.2) is 6.10 Å². The highest BCUT2D eigenvalue weighted by Gasteiger charge is 2.66. The van der Waals surface area contributed by atoms with Crippen molar-refractivity contribution in [2.45, 2.75) is 109 Å². The zero-order chi connectivity index (χ0) is 43.6. The number of hydrogen-bond acceptors (Lipinski definition) is 10. The molecule has 2 aliphatic rings. The van der Waals surface area contributed by atoms with E-state index in [1.54, 1.807) is 81.5 Å². The number of likely N-dealkylation sites (N-methyl/N-ethyl adjacent to an activating group) is 3. The molecule has 0 heterocycles. The second kappa shape index (κ2) is 20.8. The molecule has 0 aliphatic heterocycles. The van der Waals surface area contributed by atoms with E-state index < -0.39 is 59.6 Å². The number of methoxy groups -OCH3 is 1. The van der Waals surface area contributed by atoms with Gasteiger partial charge < -0.3 is 39.6 Å². The van der Waals surface area contributed by atoms with Crippen molar-refractivity contribution < 1.29 is 43.7 Å². The lowest BCUT2D eigenvalue weighted by Crippen LogP contribution is -2.60. The van der Waals surface area contributed by atoms with Gasteiger partial charge in [0.25, 0.3) is 5.91 Å². The second-order valence-corrected chi connectivity index (χ2v) is 16.6. The molecule has 3 N–H and O–H groups in total. The first kappa shape index (κ1) is 46.7. The topological polar surface area (TPSA) is 166 Å². The number of ether oxygens (including phenoxy) is 2. The van der Waals surface area contributed by atoms with Gasteiger partial charge in [0.05, 0.1) is 13.2 Å². The van der Waals surface area contributed by atoms with E-state index in [4.69, 9.17) is 9.47 Å². The molecule has 0 radical (unpaired) electrons. The fourth-order valence-corrected chi connectivity index (χ4v) is 7.81. The Bertz CT molecular complexity index is 1830. The Kier molecular flexibility index (Phi) is 16.5. The number of phenols is 1. The number of carbonyl (C=O) groups is 5. The SMILES string of the molecule is CC[C@@H](C)[C@H](OC(=O)[C@H](Cc1ccc(OC)cc1)N(C)C)C(=O)N[C@H](C(=O)N(C)C1(C(=O)N(C)[C@H](CCC=O)Cc2ccc(O)cc2)CC1C1=CC[C@H](O)C=C1)C(C)C. The number of aliphatic hydroxyl groups is 1. The first-order valence-corrected chi connectivity index (χ1v) is 20.6. The third-order valence-corrected chi connectivity index (χ3v) is 12.0. The summed E-state index contributed by atoms with van der Waals surface area (Å²) in [6.45, 7) is 7.34. The molecule has 0 saturated heterocycles. The summed E-state index contributed by atoms with van der Waals surface area (Å²) in [5, 5.41) is 23.0. The van der Waals surface area contributed by atoms with Crippen LogP contribution in [0.2, 0.25) is 0 Å². The van der Waals surface area contributed by atoms with E-state index >= 15 is 0 Å². The van der Waals surface area contributed by atoms with Gasteiger partial charge in [-0.15, -0.1) is 0 Å². The van der Waals surface area contributed by atoms with Crippen LogP contribution < -0.4 is 10.1 Å². The van der Waals surface area contributed by atoms with Crippen molar-refractivity contribution in [2.75, 3.05) is 35.3 Å². The maximum atomic E-state index is 14.9. The van der Waals surface area contributed by atoms with Crippen LogP contribution in [0.15, 0.2) is 72.3 Å². The number of amides is 3. The van der Waals surface area contributed by atoms with Crippen molar-refractivity contribution >= 4 is 30.0 Å². The molecule has 2 unspecified atom stereocenters. The monoisotopic (exact) mass is 816 g/mol. The third-order valence-electron chi connectivity index (χ3n) is 12.0. The molecule has 2 aromatic carbocycles. The molecule has 13 heteroatoms. The largest absolute Gasteiger partial charge is 0.508 e. The number of phenolic OH excluding ortho intramolecular Hbond substituents is 1. The average Bonchev–Trinajstić information content (AvgIpc) is 3.98. The summed E-state index contributed by atoms with van der Waals surface area (Å²) in [6.07, 6.45) is 6.92. The smallest absolute Gasteiger partial charge is 0.324 e. The zero-order valence-corrected chi connectivity index (χ0v) is 36.1. The number of hydrogen-bond donors (Lipinski definition) is 3. The first-order valence-electron chi connectivity index (χ1n) is 20.6. The maximum absolute atomic E-state index is 14.9. The Labute approximate surface area is 349 Å². The first-order chi connectivity index (χ1) is 28.0.